The molecule has 2 fully saturated rings. The van der Waals surface area contributed by atoms with Crippen molar-refractivity contribution in [1.29, 1.82) is 0 Å². The zero-order valence-electron chi connectivity index (χ0n) is 27.6. The molecule has 0 saturated carbocycles. The molecule has 1 aromatic carbocycles. The molecule has 2 aliphatic heterocycles. The van der Waals surface area contributed by atoms with Gasteiger partial charge in [-0.25, -0.2) is 32.1 Å². The summed E-state index contributed by atoms with van der Waals surface area (Å²) in [5.74, 6) is 0.364. The van der Waals surface area contributed by atoms with Crippen molar-refractivity contribution >= 4 is 38.9 Å². The number of amides is 1. The lowest BCUT2D eigenvalue weighted by molar-refractivity contribution is -0.137. The van der Waals surface area contributed by atoms with Crippen molar-refractivity contribution in [3.05, 3.63) is 60.4 Å². The molecule has 4 aromatic rings. The van der Waals surface area contributed by atoms with Gasteiger partial charge in [-0.2, -0.15) is 13.2 Å². The second kappa shape index (κ2) is 13.1. The Morgan fingerprint density at radius 2 is 1.82 bits per heavy atom. The van der Waals surface area contributed by atoms with Crippen molar-refractivity contribution in [2.45, 2.75) is 69.3 Å². The van der Waals surface area contributed by atoms with E-state index in [1.54, 1.807) is 51.1 Å². The molecule has 2 atom stereocenters. The molecular formula is C33H38F3N7O5S. The van der Waals surface area contributed by atoms with Crippen LogP contribution in [0, 0.1) is 0 Å². The van der Waals surface area contributed by atoms with Gasteiger partial charge >= 0.3 is 12.3 Å². The van der Waals surface area contributed by atoms with Crippen LogP contribution in [0.2, 0.25) is 0 Å². The van der Waals surface area contributed by atoms with Gasteiger partial charge in [-0.05, 0) is 64.8 Å². The minimum Gasteiger partial charge on any atom is -0.444 e. The van der Waals surface area contributed by atoms with E-state index in [0.29, 0.717) is 51.2 Å². The van der Waals surface area contributed by atoms with Crippen LogP contribution in [-0.4, -0.2) is 88.9 Å². The number of fused-ring (bicyclic) bond motifs is 1. The number of rotatable bonds is 6. The third-order valence-electron chi connectivity index (χ3n) is 8.32. The summed E-state index contributed by atoms with van der Waals surface area (Å²) in [7, 11) is -4.30. The molecule has 262 valence electrons. The van der Waals surface area contributed by atoms with Crippen LogP contribution in [0.1, 0.15) is 46.1 Å². The van der Waals surface area contributed by atoms with Crippen molar-refractivity contribution < 1.29 is 35.9 Å². The largest absolute Gasteiger partial charge is 0.444 e. The normalized spacial score (nSPS) is 19.2. The lowest BCUT2D eigenvalue weighted by Gasteiger charge is -2.34. The number of nitrogens with one attached hydrogen (secondary N) is 1. The van der Waals surface area contributed by atoms with E-state index in [2.05, 4.69) is 15.3 Å². The molecule has 6 rings (SSSR count). The van der Waals surface area contributed by atoms with Gasteiger partial charge in [-0.1, -0.05) is 18.2 Å². The first kappa shape index (κ1) is 34.4. The quantitative estimate of drug-likeness (QED) is 0.264. The number of aromatic nitrogens is 4. The van der Waals surface area contributed by atoms with Crippen molar-refractivity contribution in [2.24, 2.45) is 0 Å². The number of carbonyl (C=O) groups is 1. The van der Waals surface area contributed by atoms with Gasteiger partial charge < -0.3 is 24.6 Å². The average molecular weight is 702 g/mol. The Labute approximate surface area is 282 Å². The molecule has 5 heterocycles. The van der Waals surface area contributed by atoms with E-state index in [1.165, 1.54) is 17.0 Å². The lowest BCUT2D eigenvalue weighted by Crippen LogP contribution is -2.47. The highest BCUT2D eigenvalue weighted by Gasteiger charge is 2.38. The minimum absolute atomic E-state index is 0.0448. The summed E-state index contributed by atoms with van der Waals surface area (Å²) in [6.07, 6.45) is -2.29. The Morgan fingerprint density at radius 3 is 2.51 bits per heavy atom. The molecule has 16 heteroatoms. The van der Waals surface area contributed by atoms with Gasteiger partial charge in [0.15, 0.2) is 5.65 Å². The smallest absolute Gasteiger partial charge is 0.419 e. The van der Waals surface area contributed by atoms with Gasteiger partial charge in [0.1, 0.15) is 17.0 Å². The Bertz CT molecular complexity index is 1950. The number of alkyl halides is 3. The third-order valence-corrected chi connectivity index (χ3v) is 9.99. The molecular weight excluding hydrogens is 663 g/mol. The van der Waals surface area contributed by atoms with Crippen molar-refractivity contribution in [3.8, 4) is 11.3 Å². The average Bonchev–Trinajstić information content (AvgIpc) is 3.44. The summed E-state index contributed by atoms with van der Waals surface area (Å²) < 4.78 is 83.6. The van der Waals surface area contributed by atoms with E-state index in [-0.39, 0.29) is 46.1 Å². The van der Waals surface area contributed by atoms with Crippen molar-refractivity contribution in [3.63, 3.8) is 0 Å². The lowest BCUT2D eigenvalue weighted by atomic mass is 10.1. The number of hydrogen-bond acceptors (Lipinski definition) is 10. The number of pyridine rings is 1. The van der Waals surface area contributed by atoms with Gasteiger partial charge in [0.25, 0.3) is 10.0 Å². The van der Waals surface area contributed by atoms with Crippen LogP contribution in [0.25, 0.3) is 22.3 Å². The fourth-order valence-electron chi connectivity index (χ4n) is 6.00. The monoisotopic (exact) mass is 701 g/mol. The molecule has 49 heavy (non-hydrogen) atoms. The van der Waals surface area contributed by atoms with Gasteiger partial charge in [-0.15, -0.1) is 0 Å². The van der Waals surface area contributed by atoms with E-state index < -0.39 is 39.2 Å². The van der Waals surface area contributed by atoms with Crippen LogP contribution in [0.4, 0.5) is 29.7 Å². The first-order chi connectivity index (χ1) is 23.1. The van der Waals surface area contributed by atoms with Crippen molar-refractivity contribution in [1.82, 2.24) is 23.8 Å². The van der Waals surface area contributed by atoms with Crippen LogP contribution in [0.3, 0.4) is 0 Å². The molecule has 0 spiro atoms. The van der Waals surface area contributed by atoms with Gasteiger partial charge in [-0.3, -0.25) is 0 Å². The Balaban J connectivity index is 1.44. The first-order valence-corrected chi connectivity index (χ1v) is 17.4. The summed E-state index contributed by atoms with van der Waals surface area (Å²) in [5, 5.41) is 3.25. The summed E-state index contributed by atoms with van der Waals surface area (Å²) in [5.41, 5.74) is -2.46. The standard InChI is InChI=1S/C33H38F3N7O5S/c1-21-20-47-16-15-42(21)27-13-12-24-25(19-43(29(24)39-27)49(45,46)23-10-6-5-7-11-23)28-26(33(34,35)36)17-37-30(40-28)38-22-9-8-14-41(18-22)31(44)48-32(2,3)4/h5-7,10-13,17,19,21-22H,8-9,14-16,18,20H2,1-4H3,(H,37,38,40)/t21-,22-/m0/s1. The summed E-state index contributed by atoms with van der Waals surface area (Å²) in [6.45, 7) is 9.34. The summed E-state index contributed by atoms with van der Waals surface area (Å²) >= 11 is 0. The van der Waals surface area contributed by atoms with Crippen molar-refractivity contribution in [2.75, 3.05) is 43.1 Å². The molecule has 2 aliphatic rings. The highest BCUT2D eigenvalue weighted by atomic mass is 32.2. The maximum Gasteiger partial charge on any atom is 0.419 e. The maximum absolute atomic E-state index is 14.5. The number of piperidine rings is 1. The zero-order valence-corrected chi connectivity index (χ0v) is 28.4. The molecule has 12 nitrogen and oxygen atoms in total. The van der Waals surface area contributed by atoms with E-state index in [4.69, 9.17) is 14.5 Å². The second-order valence-corrected chi connectivity index (χ2v) is 15.0. The molecule has 0 bridgehead atoms. The SMILES string of the molecule is C[C@H]1COCCN1c1ccc2c(-c3nc(N[C@H]4CCCN(C(=O)OC(C)(C)C)C4)ncc3C(F)(F)F)cn(S(=O)(=O)c3ccccc3)c2n1. The number of hydrogen-bond donors (Lipinski definition) is 1. The molecule has 2 saturated heterocycles. The number of nitrogens with zero attached hydrogens (tertiary/aromatic N) is 6. The predicted molar refractivity (Wildman–Crippen MR) is 177 cm³/mol. The van der Waals surface area contributed by atoms with E-state index in [0.717, 1.165) is 10.2 Å². The number of ether oxygens (including phenoxy) is 2. The van der Waals surface area contributed by atoms with Crippen LogP contribution in [0.5, 0.6) is 0 Å². The van der Waals surface area contributed by atoms with Crippen LogP contribution >= 0.6 is 0 Å². The highest BCUT2D eigenvalue weighted by molar-refractivity contribution is 7.90. The fourth-order valence-corrected chi connectivity index (χ4v) is 7.34. The minimum atomic E-state index is -4.87. The van der Waals surface area contributed by atoms with Crippen LogP contribution < -0.4 is 10.2 Å². The van der Waals surface area contributed by atoms with E-state index in [9.17, 15) is 26.4 Å². The predicted octanol–water partition coefficient (Wildman–Crippen LogP) is 5.79. The number of anilines is 2. The van der Waals surface area contributed by atoms with Gasteiger partial charge in [0, 0.05) is 49.0 Å². The molecule has 0 unspecified atom stereocenters. The Kier molecular flexibility index (Phi) is 9.21. The summed E-state index contributed by atoms with van der Waals surface area (Å²) in [6, 6.07) is 10.4. The molecule has 0 radical (unpaired) electrons. The number of likely N-dealkylation sites (tertiary alicyclic amines) is 1. The third kappa shape index (κ3) is 7.29. The number of benzene rings is 1. The molecule has 0 aliphatic carbocycles. The number of carbonyl (C=O) groups excluding carboxylic acids is 1. The zero-order chi connectivity index (χ0) is 35.1. The topological polar surface area (TPSA) is 132 Å². The maximum atomic E-state index is 14.5. The van der Waals surface area contributed by atoms with Gasteiger partial charge in [0.05, 0.1) is 29.8 Å². The fraction of sp³-hybridized carbons (Fsp3) is 0.455. The molecule has 1 amide bonds. The first-order valence-electron chi connectivity index (χ1n) is 16.0. The number of halogens is 3. The number of morpholine rings is 1. The van der Waals surface area contributed by atoms with E-state index in [1.807, 2.05) is 11.8 Å². The van der Waals surface area contributed by atoms with Gasteiger partial charge in [0.2, 0.25) is 5.95 Å². The molecule has 3 aromatic heterocycles. The molecule has 1 N–H and O–H groups in total. The Hall–Kier alpha value is -4.44. The summed E-state index contributed by atoms with van der Waals surface area (Å²) in [4.78, 5) is 29.2. The van der Waals surface area contributed by atoms with Crippen LogP contribution in [0.15, 0.2) is 59.8 Å². The second-order valence-electron chi connectivity index (χ2n) is 13.2. The Morgan fingerprint density at radius 1 is 1.06 bits per heavy atom. The highest BCUT2D eigenvalue weighted by Crippen LogP contribution is 2.40. The van der Waals surface area contributed by atoms with E-state index >= 15 is 0 Å². The van der Waals surface area contributed by atoms with Crippen LogP contribution in [-0.2, 0) is 25.7 Å².